The fourth-order valence-corrected chi connectivity index (χ4v) is 1.71. The number of likely N-dealkylation sites (tertiary alicyclic amines) is 1. The number of rotatable bonds is 2. The monoisotopic (exact) mass is 351 g/mol. The van der Waals surface area contributed by atoms with Crippen LogP contribution >= 0.6 is 0 Å². The molecule has 0 atom stereocenters. The molecule has 0 spiro atoms. The summed E-state index contributed by atoms with van der Waals surface area (Å²) in [5.74, 6) is 0. The Balaban J connectivity index is 0.000000845. The second kappa shape index (κ2) is 7.78. The summed E-state index contributed by atoms with van der Waals surface area (Å²) in [6.07, 6.45) is 2.74. The molecule has 0 aliphatic carbocycles. The summed E-state index contributed by atoms with van der Waals surface area (Å²) in [6.45, 7) is 3.62. The SMILES string of the molecule is [I-].[Zn].[c]1ccccc1CN1CCCC1. The van der Waals surface area contributed by atoms with Crippen molar-refractivity contribution in [3.05, 3.63) is 35.9 Å². The summed E-state index contributed by atoms with van der Waals surface area (Å²) < 4.78 is 0. The van der Waals surface area contributed by atoms with E-state index in [1.54, 1.807) is 0 Å². The van der Waals surface area contributed by atoms with Crippen molar-refractivity contribution in [3.8, 4) is 0 Å². The molecule has 73 valence electrons. The Kier molecular flexibility index (Phi) is 8.07. The normalized spacial score (nSPS) is 15.7. The molecule has 0 amide bonds. The van der Waals surface area contributed by atoms with Crippen LogP contribution in [0.15, 0.2) is 24.3 Å². The molecule has 0 saturated carbocycles. The molecule has 0 bridgehead atoms. The first kappa shape index (κ1) is 14.5. The predicted molar refractivity (Wildman–Crippen MR) is 49.8 cm³/mol. The average molecular weight is 353 g/mol. The predicted octanol–water partition coefficient (Wildman–Crippen LogP) is -0.916. The fraction of sp³-hybridized carbons (Fsp3) is 0.455. The van der Waals surface area contributed by atoms with E-state index in [1.165, 1.54) is 31.5 Å². The maximum Gasteiger partial charge on any atom is 0.0239 e. The van der Waals surface area contributed by atoms with E-state index in [0.29, 0.717) is 0 Å². The molecule has 1 aromatic rings. The number of halogens is 1. The molecule has 1 aliphatic heterocycles. The minimum Gasteiger partial charge on any atom is -1.00 e. The van der Waals surface area contributed by atoms with Crippen LogP contribution in [-0.2, 0) is 26.0 Å². The number of hydrogen-bond acceptors (Lipinski definition) is 1. The van der Waals surface area contributed by atoms with E-state index in [0.717, 1.165) is 6.54 Å². The Labute approximate surface area is 116 Å². The molecular weight excluding hydrogens is 338 g/mol. The summed E-state index contributed by atoms with van der Waals surface area (Å²) in [4.78, 5) is 2.49. The van der Waals surface area contributed by atoms with Gasteiger partial charge < -0.3 is 24.0 Å². The van der Waals surface area contributed by atoms with Gasteiger partial charge in [0.15, 0.2) is 0 Å². The van der Waals surface area contributed by atoms with Crippen LogP contribution in [0.4, 0.5) is 0 Å². The standard InChI is InChI=1S/C11H14N.HI.Zn/c1-2-6-11(7-3-1)10-12-8-4-5-9-12;;/h1-3,6H,4-5,8-10H2;1H;/p-1. The minimum atomic E-state index is 0. The van der Waals surface area contributed by atoms with Gasteiger partial charge in [-0.25, -0.2) is 0 Å². The van der Waals surface area contributed by atoms with E-state index in [1.807, 2.05) is 12.1 Å². The van der Waals surface area contributed by atoms with Crippen LogP contribution in [0.3, 0.4) is 0 Å². The van der Waals surface area contributed by atoms with Gasteiger partial charge in [0, 0.05) is 26.0 Å². The van der Waals surface area contributed by atoms with Crippen LogP contribution in [0.5, 0.6) is 0 Å². The molecular formula is C11H14INZn-. The van der Waals surface area contributed by atoms with Gasteiger partial charge in [0.1, 0.15) is 0 Å². The third kappa shape index (κ3) is 4.37. The van der Waals surface area contributed by atoms with Gasteiger partial charge in [-0.3, -0.25) is 4.90 Å². The van der Waals surface area contributed by atoms with Crippen LogP contribution in [0.2, 0.25) is 0 Å². The second-order valence-electron chi connectivity index (χ2n) is 3.37. The first-order chi connectivity index (χ1) is 5.95. The van der Waals surface area contributed by atoms with E-state index < -0.39 is 0 Å². The van der Waals surface area contributed by atoms with Crippen molar-refractivity contribution in [3.63, 3.8) is 0 Å². The van der Waals surface area contributed by atoms with E-state index in [-0.39, 0.29) is 43.5 Å². The Morgan fingerprint density at radius 2 is 1.93 bits per heavy atom. The van der Waals surface area contributed by atoms with Crippen molar-refractivity contribution < 1.29 is 43.5 Å². The smallest absolute Gasteiger partial charge is 0.0239 e. The summed E-state index contributed by atoms with van der Waals surface area (Å²) in [5, 5.41) is 0. The Morgan fingerprint density at radius 1 is 1.21 bits per heavy atom. The van der Waals surface area contributed by atoms with Crippen molar-refractivity contribution in [2.24, 2.45) is 0 Å². The third-order valence-electron chi connectivity index (χ3n) is 2.37. The first-order valence-electron chi connectivity index (χ1n) is 4.63. The summed E-state index contributed by atoms with van der Waals surface area (Å²) in [6, 6.07) is 11.5. The van der Waals surface area contributed by atoms with Crippen LogP contribution in [0.25, 0.3) is 0 Å². The van der Waals surface area contributed by atoms with Gasteiger partial charge in [-0.1, -0.05) is 24.3 Å². The van der Waals surface area contributed by atoms with E-state index in [4.69, 9.17) is 0 Å². The Bertz CT molecular complexity index is 234. The average Bonchev–Trinajstić information content (AvgIpc) is 2.59. The summed E-state index contributed by atoms with van der Waals surface area (Å²) in [5.41, 5.74) is 1.32. The van der Waals surface area contributed by atoms with Crippen molar-refractivity contribution >= 4 is 0 Å². The van der Waals surface area contributed by atoms with Crippen LogP contribution < -0.4 is 24.0 Å². The first-order valence-corrected chi connectivity index (χ1v) is 4.63. The topological polar surface area (TPSA) is 3.24 Å². The Morgan fingerprint density at radius 3 is 2.50 bits per heavy atom. The quantitative estimate of drug-likeness (QED) is 0.492. The van der Waals surface area contributed by atoms with Gasteiger partial charge in [0.05, 0.1) is 0 Å². The van der Waals surface area contributed by atoms with Crippen LogP contribution in [0, 0.1) is 6.07 Å². The van der Waals surface area contributed by atoms with Crippen molar-refractivity contribution in [2.45, 2.75) is 19.4 Å². The molecule has 0 aromatic heterocycles. The van der Waals surface area contributed by atoms with Gasteiger partial charge in [0.25, 0.3) is 0 Å². The zero-order valence-electron chi connectivity index (χ0n) is 8.38. The molecule has 1 aliphatic rings. The second-order valence-corrected chi connectivity index (χ2v) is 3.37. The van der Waals surface area contributed by atoms with Gasteiger partial charge in [-0.05, 0) is 37.6 Å². The molecule has 3 heteroatoms. The molecule has 2 rings (SSSR count). The number of benzene rings is 1. The molecule has 1 aromatic carbocycles. The van der Waals surface area contributed by atoms with E-state index in [9.17, 15) is 0 Å². The zero-order valence-corrected chi connectivity index (χ0v) is 13.5. The van der Waals surface area contributed by atoms with E-state index >= 15 is 0 Å². The molecule has 1 nitrogen and oxygen atoms in total. The molecule has 14 heavy (non-hydrogen) atoms. The summed E-state index contributed by atoms with van der Waals surface area (Å²) in [7, 11) is 0. The van der Waals surface area contributed by atoms with Gasteiger partial charge in [-0.2, -0.15) is 0 Å². The maximum atomic E-state index is 3.25. The van der Waals surface area contributed by atoms with Gasteiger partial charge in [0.2, 0.25) is 0 Å². The molecule has 0 N–H and O–H groups in total. The summed E-state index contributed by atoms with van der Waals surface area (Å²) >= 11 is 0. The molecule has 1 saturated heterocycles. The zero-order chi connectivity index (χ0) is 8.23. The Hall–Kier alpha value is 0.533. The van der Waals surface area contributed by atoms with Gasteiger partial charge in [-0.15, -0.1) is 0 Å². The number of hydrogen-bond donors (Lipinski definition) is 0. The number of nitrogens with zero attached hydrogens (tertiary/aromatic N) is 1. The third-order valence-corrected chi connectivity index (χ3v) is 2.37. The molecule has 1 heterocycles. The molecule has 1 radical (unpaired) electrons. The molecule has 1 fully saturated rings. The largest absolute Gasteiger partial charge is 1.00 e. The minimum absolute atomic E-state index is 0. The fourth-order valence-electron chi connectivity index (χ4n) is 1.71. The van der Waals surface area contributed by atoms with Gasteiger partial charge >= 0.3 is 0 Å². The van der Waals surface area contributed by atoms with Crippen LogP contribution in [0.1, 0.15) is 18.4 Å². The maximum absolute atomic E-state index is 3.25. The molecule has 0 unspecified atom stereocenters. The van der Waals surface area contributed by atoms with Crippen molar-refractivity contribution in [1.29, 1.82) is 0 Å². The van der Waals surface area contributed by atoms with E-state index in [2.05, 4.69) is 23.1 Å². The van der Waals surface area contributed by atoms with Crippen molar-refractivity contribution in [2.75, 3.05) is 13.1 Å². The van der Waals surface area contributed by atoms with Crippen LogP contribution in [-0.4, -0.2) is 18.0 Å². The van der Waals surface area contributed by atoms with Crippen molar-refractivity contribution in [1.82, 2.24) is 4.90 Å².